The number of allylic oxidation sites excluding steroid dienone is 1. The zero-order chi connectivity index (χ0) is 32.6. The summed E-state index contributed by atoms with van der Waals surface area (Å²) in [5, 5.41) is 30.6. The molecule has 0 fully saturated rings. The van der Waals surface area contributed by atoms with Crippen molar-refractivity contribution in [2.75, 3.05) is 6.61 Å². The number of phenolic OH excluding ortho intramolecular Hbond substituents is 1. The summed E-state index contributed by atoms with van der Waals surface area (Å²) in [6, 6.07) is 3.98. The minimum atomic E-state index is -4.50. The van der Waals surface area contributed by atoms with Crippen LogP contribution in [0.4, 0.5) is 13.2 Å². The second kappa shape index (κ2) is 15.3. The van der Waals surface area contributed by atoms with Crippen LogP contribution in [0.1, 0.15) is 85.3 Å². The number of aromatic hydroxyl groups is 1. The molecule has 0 unspecified atom stereocenters. The number of ether oxygens (including phenoxy) is 1. The van der Waals surface area contributed by atoms with Gasteiger partial charge < -0.3 is 24.5 Å². The van der Waals surface area contributed by atoms with Crippen LogP contribution in [0.3, 0.4) is 0 Å². The van der Waals surface area contributed by atoms with Gasteiger partial charge in [-0.25, -0.2) is 4.79 Å². The Morgan fingerprint density at radius 3 is 2.59 bits per heavy atom. The maximum Gasteiger partial charge on any atom is 0.389 e. The number of benzene rings is 1. The summed E-state index contributed by atoms with van der Waals surface area (Å²) in [6.07, 6.45) is -0.283. The summed E-state index contributed by atoms with van der Waals surface area (Å²) in [7, 11) is 0. The van der Waals surface area contributed by atoms with Gasteiger partial charge in [0.05, 0.1) is 23.5 Å². The van der Waals surface area contributed by atoms with Gasteiger partial charge in [0.25, 0.3) is 0 Å². The monoisotopic (exact) mass is 636 g/mol. The molecule has 0 amide bonds. The van der Waals surface area contributed by atoms with Crippen molar-refractivity contribution in [2.45, 2.75) is 77.5 Å². The van der Waals surface area contributed by atoms with E-state index in [-0.39, 0.29) is 44.6 Å². The van der Waals surface area contributed by atoms with Crippen LogP contribution in [-0.4, -0.2) is 50.8 Å². The molecule has 44 heavy (non-hydrogen) atoms. The molecule has 0 spiro atoms. The van der Waals surface area contributed by atoms with Crippen molar-refractivity contribution in [3.8, 4) is 11.5 Å². The Balaban J connectivity index is 1.78. The molecule has 12 heteroatoms. The average molecular weight is 637 g/mol. The number of alkyl halides is 3. The number of phenols is 1. The molecule has 0 saturated carbocycles. The van der Waals surface area contributed by atoms with Crippen LogP contribution in [0.2, 0.25) is 0 Å². The maximum absolute atomic E-state index is 13.0. The number of carbonyl (C=O) groups is 2. The fraction of sp³-hybridized carbons (Fsp3) is 0.438. The Hall–Kier alpha value is -3.77. The molecular formula is C32H35F3O8S. The van der Waals surface area contributed by atoms with Gasteiger partial charge in [-0.15, -0.1) is 0 Å². The highest BCUT2D eigenvalue weighted by atomic mass is 32.1. The van der Waals surface area contributed by atoms with Gasteiger partial charge in [0.15, 0.2) is 11.2 Å². The second-order valence-corrected chi connectivity index (χ2v) is 11.1. The molecular weight excluding hydrogens is 601 g/mol. The third kappa shape index (κ3) is 9.12. The molecule has 1 aromatic heterocycles. The van der Waals surface area contributed by atoms with Gasteiger partial charge >= 0.3 is 12.1 Å². The van der Waals surface area contributed by atoms with Crippen LogP contribution in [0, 0.1) is 5.92 Å². The molecule has 1 heterocycles. The van der Waals surface area contributed by atoms with Crippen LogP contribution in [0.15, 0.2) is 39.6 Å². The maximum atomic E-state index is 13.0. The Morgan fingerprint density at radius 2 is 1.95 bits per heavy atom. The molecule has 1 aromatic carbocycles. The zero-order valence-corrected chi connectivity index (χ0v) is 25.2. The van der Waals surface area contributed by atoms with E-state index in [2.05, 4.69) is 0 Å². The molecule has 1 aliphatic carbocycles. The molecule has 2 aromatic rings. The number of thiocarbonyl (C=S) groups is 1. The molecule has 0 saturated heterocycles. The van der Waals surface area contributed by atoms with Crippen molar-refractivity contribution in [3.63, 3.8) is 0 Å². The lowest BCUT2D eigenvalue weighted by molar-refractivity contribution is -0.140. The molecule has 3 rings (SSSR count). The number of hydrogen-bond donors (Lipinski definition) is 3. The molecule has 3 N–H and O–H groups in total. The highest BCUT2D eigenvalue weighted by Gasteiger charge is 2.32. The number of unbranched alkanes of at least 4 members (excludes halogenated alkanes) is 2. The number of Topliss-reactive ketones (excluding diaryl/α,β-unsaturated/α-hetero) is 1. The Kier molecular flexibility index (Phi) is 12.1. The largest absolute Gasteiger partial charge is 0.507 e. The fourth-order valence-corrected chi connectivity index (χ4v) is 5.34. The lowest BCUT2D eigenvalue weighted by Gasteiger charge is -2.25. The van der Waals surface area contributed by atoms with E-state index in [1.165, 1.54) is 19.1 Å². The van der Waals surface area contributed by atoms with E-state index < -0.39 is 48.2 Å². The SMILES string of the molecule is CCCc1c(OCCCC/C=C\[C@@H](C2=c3c(=O)cc(C(=O)O)oc3=CC(=S)C2)[C@H](O)CCC(F)(F)F)ccc(C(C)=O)c1O. The molecule has 0 radical (unpaired) electrons. The number of carbonyl (C=O) groups excluding carboxylic acids is 1. The Bertz CT molecular complexity index is 1610. The van der Waals surface area contributed by atoms with E-state index in [9.17, 15) is 42.9 Å². The highest BCUT2D eigenvalue weighted by Crippen LogP contribution is 2.33. The number of ketones is 1. The minimum absolute atomic E-state index is 0.0142. The van der Waals surface area contributed by atoms with E-state index in [4.69, 9.17) is 21.4 Å². The smallest absolute Gasteiger partial charge is 0.389 e. The van der Waals surface area contributed by atoms with Gasteiger partial charge in [0.2, 0.25) is 5.76 Å². The Morgan fingerprint density at radius 1 is 1.23 bits per heavy atom. The topological polar surface area (TPSA) is 134 Å². The first-order valence-corrected chi connectivity index (χ1v) is 14.7. The molecule has 0 aliphatic heterocycles. The quantitative estimate of drug-likeness (QED) is 0.107. The van der Waals surface area contributed by atoms with Crippen molar-refractivity contribution in [1.29, 1.82) is 0 Å². The van der Waals surface area contributed by atoms with Crippen LogP contribution >= 0.6 is 12.2 Å². The molecule has 2 atom stereocenters. The van der Waals surface area contributed by atoms with Crippen LogP contribution in [0.25, 0.3) is 11.6 Å². The predicted molar refractivity (Wildman–Crippen MR) is 162 cm³/mol. The van der Waals surface area contributed by atoms with Crippen molar-refractivity contribution < 1.29 is 47.2 Å². The number of carboxylic acid groups (broad SMARTS) is 1. The summed E-state index contributed by atoms with van der Waals surface area (Å²) in [5.74, 6) is -2.91. The molecule has 1 aliphatic rings. The van der Waals surface area contributed by atoms with Gasteiger partial charge in [0, 0.05) is 35.3 Å². The number of aliphatic hydroxyl groups excluding tert-OH is 1. The fourth-order valence-electron chi connectivity index (χ4n) is 5.08. The lowest BCUT2D eigenvalue weighted by Crippen LogP contribution is -2.46. The number of carboxylic acids is 1. The zero-order valence-electron chi connectivity index (χ0n) is 24.4. The standard InChI is InChI=1S/C32H35F3O8S/c1-3-8-22-26(11-10-20(18(2)36)30(22)39)42-14-7-5-4-6-9-21(24(37)12-13-32(33,34)35)23-15-19(44)16-27-29(23)25(38)17-28(43-27)31(40)41/h6,9-11,16-17,21,24,37,39H,3-5,7-8,12-15H2,1-2H3,(H,40,41)/b9-6-/t21-,24+/m0/s1. The third-order valence-corrected chi connectivity index (χ3v) is 7.45. The molecule has 238 valence electrons. The third-order valence-electron chi connectivity index (χ3n) is 7.19. The number of rotatable bonds is 15. The van der Waals surface area contributed by atoms with Crippen molar-refractivity contribution in [2.24, 2.45) is 5.92 Å². The number of hydrogen-bond acceptors (Lipinski definition) is 8. The summed E-state index contributed by atoms with van der Waals surface area (Å²) in [6.45, 7) is 3.63. The van der Waals surface area contributed by atoms with Gasteiger partial charge in [0.1, 0.15) is 16.9 Å². The summed E-state index contributed by atoms with van der Waals surface area (Å²) in [4.78, 5) is 36.3. The van der Waals surface area contributed by atoms with Crippen molar-refractivity contribution >= 4 is 40.5 Å². The van der Waals surface area contributed by atoms with Crippen LogP contribution in [-0.2, 0) is 6.42 Å². The summed E-state index contributed by atoms with van der Waals surface area (Å²) in [5.41, 5.74) is 0.265. The number of halogens is 3. The van der Waals surface area contributed by atoms with E-state index in [0.29, 0.717) is 43.6 Å². The van der Waals surface area contributed by atoms with Gasteiger partial charge in [-0.1, -0.05) is 37.7 Å². The molecule has 8 nitrogen and oxygen atoms in total. The molecule has 0 bridgehead atoms. The van der Waals surface area contributed by atoms with Gasteiger partial charge in [-0.05, 0) is 62.8 Å². The van der Waals surface area contributed by atoms with Gasteiger partial charge in [-0.2, -0.15) is 13.2 Å². The highest BCUT2D eigenvalue weighted by molar-refractivity contribution is 7.81. The van der Waals surface area contributed by atoms with E-state index in [0.717, 1.165) is 12.5 Å². The second-order valence-electron chi connectivity index (χ2n) is 10.6. The minimum Gasteiger partial charge on any atom is -0.507 e. The van der Waals surface area contributed by atoms with E-state index in [1.54, 1.807) is 18.2 Å². The summed E-state index contributed by atoms with van der Waals surface area (Å²) >= 11 is 5.30. The Labute approximate surface area is 257 Å². The van der Waals surface area contributed by atoms with Gasteiger partial charge in [-0.3, -0.25) is 9.59 Å². The number of aromatic carboxylic acids is 1. The average Bonchev–Trinajstić information content (AvgIpc) is 2.93. The van der Waals surface area contributed by atoms with E-state index in [1.807, 2.05) is 6.92 Å². The lowest BCUT2D eigenvalue weighted by atomic mass is 9.84. The van der Waals surface area contributed by atoms with Crippen LogP contribution < -0.4 is 20.8 Å². The van der Waals surface area contributed by atoms with Crippen molar-refractivity contribution in [3.05, 3.63) is 68.1 Å². The number of fused-ring (bicyclic) bond motifs is 1. The predicted octanol–water partition coefficient (Wildman–Crippen LogP) is 5.03. The summed E-state index contributed by atoms with van der Waals surface area (Å²) < 4.78 is 50.1. The van der Waals surface area contributed by atoms with Crippen molar-refractivity contribution in [1.82, 2.24) is 0 Å². The first-order valence-electron chi connectivity index (χ1n) is 14.3. The first-order chi connectivity index (χ1) is 20.7. The number of aliphatic hydroxyl groups is 1. The van der Waals surface area contributed by atoms with E-state index >= 15 is 0 Å². The first kappa shape index (κ1) is 34.7. The van der Waals surface area contributed by atoms with Crippen LogP contribution in [0.5, 0.6) is 11.5 Å². The normalized spacial score (nSPS) is 14.7.